The highest BCUT2D eigenvalue weighted by atomic mass is 16.5. The standard InChI is InChI=1S/C10H17NO3/c1-11-9(12)7-4-3-5-8(6-7)10(13)14-2/h7-8H,3-6H2,1-2H3,(H,11,12)/t7-,8+/m1/s1. The van der Waals surface area contributed by atoms with Crippen LogP contribution in [-0.4, -0.2) is 26.0 Å². The van der Waals surface area contributed by atoms with Crippen molar-refractivity contribution in [1.29, 1.82) is 0 Å². The highest BCUT2D eigenvalue weighted by molar-refractivity contribution is 5.80. The van der Waals surface area contributed by atoms with Crippen molar-refractivity contribution in [1.82, 2.24) is 5.32 Å². The Morgan fingerprint density at radius 2 is 1.93 bits per heavy atom. The van der Waals surface area contributed by atoms with Gasteiger partial charge in [-0.1, -0.05) is 6.42 Å². The summed E-state index contributed by atoms with van der Waals surface area (Å²) in [6.07, 6.45) is 3.29. The van der Waals surface area contributed by atoms with Crippen molar-refractivity contribution >= 4 is 11.9 Å². The average Bonchev–Trinajstić information content (AvgIpc) is 2.27. The first-order chi connectivity index (χ1) is 6.69. The summed E-state index contributed by atoms with van der Waals surface area (Å²) in [6.45, 7) is 0. The number of amides is 1. The van der Waals surface area contributed by atoms with Gasteiger partial charge >= 0.3 is 5.97 Å². The Labute approximate surface area is 84.0 Å². The highest BCUT2D eigenvalue weighted by Crippen LogP contribution is 2.29. The van der Waals surface area contributed by atoms with Gasteiger partial charge in [-0.05, 0) is 19.3 Å². The van der Waals surface area contributed by atoms with Crippen molar-refractivity contribution in [2.75, 3.05) is 14.2 Å². The van der Waals surface area contributed by atoms with Gasteiger partial charge in [0.2, 0.25) is 5.91 Å². The molecule has 0 aliphatic heterocycles. The first kappa shape index (κ1) is 11.0. The Balaban J connectivity index is 2.51. The van der Waals surface area contributed by atoms with E-state index < -0.39 is 0 Å². The van der Waals surface area contributed by atoms with Crippen LogP contribution in [0.1, 0.15) is 25.7 Å². The van der Waals surface area contributed by atoms with Crippen LogP contribution in [0, 0.1) is 11.8 Å². The SMILES string of the molecule is CNC(=O)[C@@H]1CCC[C@H](C(=O)OC)C1. The number of carbonyl (C=O) groups is 2. The van der Waals surface area contributed by atoms with E-state index in [9.17, 15) is 9.59 Å². The zero-order valence-corrected chi connectivity index (χ0v) is 8.71. The summed E-state index contributed by atoms with van der Waals surface area (Å²) >= 11 is 0. The maximum Gasteiger partial charge on any atom is 0.308 e. The zero-order chi connectivity index (χ0) is 10.6. The molecule has 0 saturated heterocycles. The summed E-state index contributed by atoms with van der Waals surface area (Å²) < 4.78 is 4.68. The largest absolute Gasteiger partial charge is 0.469 e. The second-order valence-electron chi connectivity index (χ2n) is 3.70. The number of esters is 1. The van der Waals surface area contributed by atoms with Gasteiger partial charge in [0, 0.05) is 13.0 Å². The molecular formula is C10H17NO3. The zero-order valence-electron chi connectivity index (χ0n) is 8.71. The molecular weight excluding hydrogens is 182 g/mol. The fraction of sp³-hybridized carbons (Fsp3) is 0.800. The quantitative estimate of drug-likeness (QED) is 0.666. The van der Waals surface area contributed by atoms with Gasteiger partial charge in [-0.25, -0.2) is 0 Å². The van der Waals surface area contributed by atoms with E-state index in [4.69, 9.17) is 0 Å². The lowest BCUT2D eigenvalue weighted by atomic mass is 9.81. The number of hydrogen-bond acceptors (Lipinski definition) is 3. The maximum absolute atomic E-state index is 11.4. The molecule has 80 valence electrons. The molecule has 0 unspecified atom stereocenters. The van der Waals surface area contributed by atoms with E-state index in [0.29, 0.717) is 6.42 Å². The van der Waals surface area contributed by atoms with E-state index in [1.54, 1.807) is 7.05 Å². The molecule has 14 heavy (non-hydrogen) atoms. The Morgan fingerprint density at radius 1 is 1.29 bits per heavy atom. The number of carbonyl (C=O) groups excluding carboxylic acids is 2. The van der Waals surface area contributed by atoms with E-state index in [-0.39, 0.29) is 23.7 Å². The molecule has 1 rings (SSSR count). The molecule has 2 atom stereocenters. The number of methoxy groups -OCH3 is 1. The molecule has 0 aromatic carbocycles. The van der Waals surface area contributed by atoms with Crippen molar-refractivity contribution in [3.8, 4) is 0 Å². The summed E-state index contributed by atoms with van der Waals surface area (Å²) in [4.78, 5) is 22.6. The average molecular weight is 199 g/mol. The normalized spacial score (nSPS) is 26.7. The van der Waals surface area contributed by atoms with E-state index in [1.807, 2.05) is 0 Å². The van der Waals surface area contributed by atoms with Gasteiger partial charge in [0.15, 0.2) is 0 Å². The summed E-state index contributed by atoms with van der Waals surface area (Å²) in [5.74, 6) is -0.244. The van der Waals surface area contributed by atoms with Gasteiger partial charge in [-0.3, -0.25) is 9.59 Å². The van der Waals surface area contributed by atoms with Crippen molar-refractivity contribution < 1.29 is 14.3 Å². The number of ether oxygens (including phenoxy) is 1. The van der Waals surface area contributed by atoms with Crippen molar-refractivity contribution in [3.63, 3.8) is 0 Å². The molecule has 4 heteroatoms. The molecule has 0 aromatic rings. The van der Waals surface area contributed by atoms with Gasteiger partial charge in [0.05, 0.1) is 13.0 Å². The third-order valence-corrected chi connectivity index (χ3v) is 2.83. The first-order valence-corrected chi connectivity index (χ1v) is 4.98. The van der Waals surface area contributed by atoms with Crippen LogP contribution in [-0.2, 0) is 14.3 Å². The predicted molar refractivity (Wildman–Crippen MR) is 51.5 cm³/mol. The Morgan fingerprint density at radius 3 is 2.50 bits per heavy atom. The van der Waals surface area contributed by atoms with Crippen LogP contribution in [0.5, 0.6) is 0 Å². The molecule has 1 saturated carbocycles. The van der Waals surface area contributed by atoms with Gasteiger partial charge in [-0.15, -0.1) is 0 Å². The fourth-order valence-corrected chi connectivity index (χ4v) is 2.01. The Hall–Kier alpha value is -1.06. The Bertz CT molecular complexity index is 205. The van der Waals surface area contributed by atoms with Crippen LogP contribution < -0.4 is 5.32 Å². The molecule has 4 nitrogen and oxygen atoms in total. The maximum atomic E-state index is 11.4. The minimum Gasteiger partial charge on any atom is -0.469 e. The van der Waals surface area contributed by atoms with E-state index in [0.717, 1.165) is 19.3 Å². The van der Waals surface area contributed by atoms with E-state index in [1.165, 1.54) is 7.11 Å². The third-order valence-electron chi connectivity index (χ3n) is 2.83. The lowest BCUT2D eigenvalue weighted by Crippen LogP contribution is -2.33. The minimum absolute atomic E-state index is 0.0159. The Kier molecular flexibility index (Phi) is 3.92. The summed E-state index contributed by atoms with van der Waals surface area (Å²) in [7, 11) is 3.02. The molecule has 0 spiro atoms. The number of rotatable bonds is 2. The number of hydrogen-bond donors (Lipinski definition) is 1. The summed E-state index contributed by atoms with van der Waals surface area (Å²) in [5, 5.41) is 2.62. The molecule has 1 fully saturated rings. The van der Waals surface area contributed by atoms with Gasteiger partial charge < -0.3 is 10.1 Å². The van der Waals surface area contributed by atoms with Crippen LogP contribution in [0.4, 0.5) is 0 Å². The minimum atomic E-state index is -0.182. The molecule has 1 N–H and O–H groups in total. The van der Waals surface area contributed by atoms with Gasteiger partial charge in [0.25, 0.3) is 0 Å². The lowest BCUT2D eigenvalue weighted by Gasteiger charge is -2.25. The molecule has 0 aromatic heterocycles. The van der Waals surface area contributed by atoms with Crippen molar-refractivity contribution in [3.05, 3.63) is 0 Å². The van der Waals surface area contributed by atoms with Crippen LogP contribution in [0.3, 0.4) is 0 Å². The van der Waals surface area contributed by atoms with Crippen molar-refractivity contribution in [2.24, 2.45) is 11.8 Å². The monoisotopic (exact) mass is 199 g/mol. The van der Waals surface area contributed by atoms with Crippen LogP contribution in [0.15, 0.2) is 0 Å². The van der Waals surface area contributed by atoms with Gasteiger partial charge in [-0.2, -0.15) is 0 Å². The molecule has 0 bridgehead atoms. The van der Waals surface area contributed by atoms with E-state index in [2.05, 4.69) is 10.1 Å². The second-order valence-corrected chi connectivity index (χ2v) is 3.70. The molecule has 0 heterocycles. The second kappa shape index (κ2) is 4.98. The molecule has 0 radical (unpaired) electrons. The topological polar surface area (TPSA) is 55.4 Å². The fourth-order valence-electron chi connectivity index (χ4n) is 2.01. The van der Waals surface area contributed by atoms with Crippen LogP contribution >= 0.6 is 0 Å². The number of nitrogens with one attached hydrogen (secondary N) is 1. The smallest absolute Gasteiger partial charge is 0.308 e. The van der Waals surface area contributed by atoms with E-state index >= 15 is 0 Å². The molecule has 1 aliphatic carbocycles. The predicted octanol–water partition coefficient (Wildman–Crippen LogP) is 0.712. The first-order valence-electron chi connectivity index (χ1n) is 4.98. The molecule has 1 amide bonds. The lowest BCUT2D eigenvalue weighted by molar-refractivity contribution is -0.147. The molecule has 1 aliphatic rings. The highest BCUT2D eigenvalue weighted by Gasteiger charge is 2.31. The third kappa shape index (κ3) is 2.47. The summed E-state index contributed by atoms with van der Waals surface area (Å²) in [5.41, 5.74) is 0. The van der Waals surface area contributed by atoms with Crippen LogP contribution in [0.25, 0.3) is 0 Å². The van der Waals surface area contributed by atoms with Gasteiger partial charge in [0.1, 0.15) is 0 Å². The van der Waals surface area contributed by atoms with Crippen LogP contribution in [0.2, 0.25) is 0 Å². The van der Waals surface area contributed by atoms with Crippen molar-refractivity contribution in [2.45, 2.75) is 25.7 Å². The summed E-state index contributed by atoms with van der Waals surface area (Å²) in [6, 6.07) is 0.